The van der Waals surface area contributed by atoms with Crippen LogP contribution in [0.3, 0.4) is 0 Å². The number of rotatable bonds is 4. The second-order valence-corrected chi connectivity index (χ2v) is 3.73. The van der Waals surface area contributed by atoms with Crippen molar-refractivity contribution in [2.45, 2.75) is 32.2 Å². The normalized spacial score (nSPS) is 26.6. The average molecular weight is 198 g/mol. The smallest absolute Gasteiger partial charge is 0.163 e. The van der Waals surface area contributed by atoms with Crippen molar-refractivity contribution in [2.24, 2.45) is 0 Å². The molecule has 0 radical (unpaired) electrons. The third-order valence-corrected chi connectivity index (χ3v) is 1.95. The third kappa shape index (κ3) is 4.05. The summed E-state index contributed by atoms with van der Waals surface area (Å²) in [5.41, 5.74) is 0. The van der Waals surface area contributed by atoms with Gasteiger partial charge in [0.25, 0.3) is 0 Å². The lowest BCUT2D eigenvalue weighted by Gasteiger charge is -2.16. The molecule has 0 aromatic rings. The summed E-state index contributed by atoms with van der Waals surface area (Å²) in [5, 5.41) is 8.48. The van der Waals surface area contributed by atoms with Gasteiger partial charge in [0.1, 0.15) is 0 Å². The van der Waals surface area contributed by atoms with Crippen molar-refractivity contribution in [3.63, 3.8) is 0 Å². The molecule has 0 bridgehead atoms. The highest BCUT2D eigenvalue weighted by Crippen LogP contribution is 2.23. The molecule has 1 fully saturated rings. The largest absolute Gasteiger partial charge is 0.392 e. The molecule has 1 saturated heterocycles. The molecule has 0 aliphatic carbocycles. The zero-order chi connectivity index (χ0) is 10.4. The van der Waals surface area contributed by atoms with Crippen molar-refractivity contribution < 1.29 is 14.6 Å². The monoisotopic (exact) mass is 198 g/mol. The van der Waals surface area contributed by atoms with Crippen molar-refractivity contribution in [3.05, 3.63) is 24.3 Å². The van der Waals surface area contributed by atoms with Crippen LogP contribution in [-0.2, 0) is 9.47 Å². The molecule has 0 aromatic heterocycles. The maximum atomic E-state index is 8.48. The van der Waals surface area contributed by atoms with Crippen LogP contribution in [0.4, 0.5) is 0 Å². The molecular weight excluding hydrogens is 180 g/mol. The Morgan fingerprint density at radius 2 is 2.07 bits per heavy atom. The fourth-order valence-corrected chi connectivity index (χ4v) is 1.33. The van der Waals surface area contributed by atoms with E-state index >= 15 is 0 Å². The molecule has 1 N–H and O–H groups in total. The van der Waals surface area contributed by atoms with E-state index in [1.165, 1.54) is 0 Å². The maximum absolute atomic E-state index is 8.48. The van der Waals surface area contributed by atoms with Gasteiger partial charge in [0.05, 0.1) is 19.3 Å². The Bertz CT molecular complexity index is 219. The zero-order valence-electron chi connectivity index (χ0n) is 8.77. The maximum Gasteiger partial charge on any atom is 0.163 e. The highest BCUT2D eigenvalue weighted by Gasteiger charge is 2.31. The molecule has 0 saturated carbocycles. The molecule has 0 unspecified atom stereocenters. The van der Waals surface area contributed by atoms with Crippen LogP contribution in [0.1, 0.15) is 20.3 Å². The van der Waals surface area contributed by atoms with Crippen LogP contribution in [0.25, 0.3) is 0 Å². The summed E-state index contributed by atoms with van der Waals surface area (Å²) in [6, 6.07) is 0. The van der Waals surface area contributed by atoms with E-state index in [1.807, 2.05) is 32.1 Å². The fourth-order valence-electron chi connectivity index (χ4n) is 1.33. The Morgan fingerprint density at radius 1 is 1.36 bits per heavy atom. The third-order valence-electron chi connectivity index (χ3n) is 1.95. The summed E-state index contributed by atoms with van der Waals surface area (Å²) in [6.45, 7) is 4.58. The van der Waals surface area contributed by atoms with Crippen molar-refractivity contribution in [2.75, 3.05) is 13.2 Å². The second-order valence-electron chi connectivity index (χ2n) is 3.73. The summed E-state index contributed by atoms with van der Waals surface area (Å²) in [5.74, 6) is -0.431. The summed E-state index contributed by atoms with van der Waals surface area (Å²) in [4.78, 5) is 0. The highest BCUT2D eigenvalue weighted by atomic mass is 16.7. The molecule has 0 amide bonds. The summed E-state index contributed by atoms with van der Waals surface area (Å²) >= 11 is 0. The van der Waals surface area contributed by atoms with Gasteiger partial charge in [0.2, 0.25) is 0 Å². The van der Waals surface area contributed by atoms with Crippen LogP contribution >= 0.6 is 0 Å². The summed E-state index contributed by atoms with van der Waals surface area (Å²) in [6.07, 6.45) is 8.43. The minimum atomic E-state index is -0.431. The van der Waals surface area contributed by atoms with Crippen LogP contribution in [0.15, 0.2) is 24.3 Å². The van der Waals surface area contributed by atoms with E-state index in [9.17, 15) is 0 Å². The van der Waals surface area contributed by atoms with Gasteiger partial charge in [0.15, 0.2) is 5.79 Å². The van der Waals surface area contributed by atoms with Gasteiger partial charge in [-0.3, -0.25) is 0 Å². The molecule has 0 aromatic carbocycles. The predicted octanol–water partition coefficient (Wildman–Crippen LogP) is 1.63. The molecule has 3 heteroatoms. The van der Waals surface area contributed by atoms with Gasteiger partial charge in [-0.25, -0.2) is 0 Å². The first-order valence-electron chi connectivity index (χ1n) is 4.88. The standard InChI is InChI=1S/C11H18O3/c1-11(2)13-9-10(14-11)7-5-3-4-6-8-12/h3-6,10,12H,7-9H2,1-2H3/b5-3+,6-4+/t10-/m0/s1. The summed E-state index contributed by atoms with van der Waals surface area (Å²) < 4.78 is 11.0. The van der Waals surface area contributed by atoms with Gasteiger partial charge in [-0.15, -0.1) is 0 Å². The average Bonchev–Trinajstić information content (AvgIpc) is 2.45. The molecule has 1 aliphatic rings. The fraction of sp³-hybridized carbons (Fsp3) is 0.636. The molecule has 1 heterocycles. The lowest BCUT2D eigenvalue weighted by Crippen LogP contribution is -2.21. The number of aliphatic hydroxyl groups excluding tert-OH is 1. The topological polar surface area (TPSA) is 38.7 Å². The van der Waals surface area contributed by atoms with E-state index in [0.717, 1.165) is 6.42 Å². The number of aliphatic hydroxyl groups is 1. The second kappa shape index (κ2) is 5.29. The van der Waals surface area contributed by atoms with Gasteiger partial charge in [-0.2, -0.15) is 0 Å². The van der Waals surface area contributed by atoms with Gasteiger partial charge in [-0.05, 0) is 20.3 Å². The first kappa shape index (κ1) is 11.4. The molecule has 1 aliphatic heterocycles. The first-order valence-corrected chi connectivity index (χ1v) is 4.88. The van der Waals surface area contributed by atoms with E-state index < -0.39 is 5.79 Å². The van der Waals surface area contributed by atoms with E-state index in [1.54, 1.807) is 6.08 Å². The van der Waals surface area contributed by atoms with Crippen LogP contribution in [-0.4, -0.2) is 30.2 Å². The number of hydrogen-bond donors (Lipinski definition) is 1. The minimum Gasteiger partial charge on any atom is -0.392 e. The lowest BCUT2D eigenvalue weighted by molar-refractivity contribution is -0.137. The summed E-state index contributed by atoms with van der Waals surface area (Å²) in [7, 11) is 0. The zero-order valence-corrected chi connectivity index (χ0v) is 8.77. The number of hydrogen-bond acceptors (Lipinski definition) is 3. The Morgan fingerprint density at radius 3 is 2.64 bits per heavy atom. The number of allylic oxidation sites excluding steroid dienone is 2. The van der Waals surface area contributed by atoms with Crippen LogP contribution in [0.5, 0.6) is 0 Å². The highest BCUT2D eigenvalue weighted by molar-refractivity contribution is 5.03. The molecule has 3 nitrogen and oxygen atoms in total. The molecule has 1 atom stereocenters. The van der Waals surface area contributed by atoms with Crippen molar-refractivity contribution in [1.29, 1.82) is 0 Å². The van der Waals surface area contributed by atoms with Crippen LogP contribution in [0.2, 0.25) is 0 Å². The van der Waals surface area contributed by atoms with E-state index in [2.05, 4.69) is 0 Å². The van der Waals surface area contributed by atoms with E-state index in [4.69, 9.17) is 14.6 Å². The molecule has 14 heavy (non-hydrogen) atoms. The SMILES string of the molecule is CC1(C)OC[C@H](C/C=C/C=C/CO)O1. The Hall–Kier alpha value is -0.640. The van der Waals surface area contributed by atoms with Crippen molar-refractivity contribution in [3.8, 4) is 0 Å². The Labute approximate surface area is 85.0 Å². The molecule has 80 valence electrons. The lowest BCUT2D eigenvalue weighted by atomic mass is 10.2. The quantitative estimate of drug-likeness (QED) is 0.698. The molecule has 0 spiro atoms. The minimum absolute atomic E-state index is 0.0837. The van der Waals surface area contributed by atoms with Gasteiger partial charge >= 0.3 is 0 Å². The van der Waals surface area contributed by atoms with E-state index in [0.29, 0.717) is 6.61 Å². The van der Waals surface area contributed by atoms with Crippen molar-refractivity contribution in [1.82, 2.24) is 0 Å². The van der Waals surface area contributed by atoms with Gasteiger partial charge in [0, 0.05) is 0 Å². The predicted molar refractivity (Wildman–Crippen MR) is 54.9 cm³/mol. The van der Waals surface area contributed by atoms with Crippen LogP contribution < -0.4 is 0 Å². The number of ether oxygens (including phenoxy) is 2. The van der Waals surface area contributed by atoms with E-state index in [-0.39, 0.29) is 12.7 Å². The Kier molecular flexibility index (Phi) is 4.32. The van der Waals surface area contributed by atoms with Gasteiger partial charge < -0.3 is 14.6 Å². The molecular formula is C11H18O3. The molecule has 1 rings (SSSR count). The van der Waals surface area contributed by atoms with Crippen molar-refractivity contribution >= 4 is 0 Å². The van der Waals surface area contributed by atoms with Gasteiger partial charge in [-0.1, -0.05) is 24.3 Å². The van der Waals surface area contributed by atoms with Crippen LogP contribution in [0, 0.1) is 0 Å². The Balaban J connectivity index is 2.20. The first-order chi connectivity index (χ1) is 6.64.